The highest BCUT2D eigenvalue weighted by Crippen LogP contribution is 2.41. The van der Waals surface area contributed by atoms with E-state index in [4.69, 9.17) is 14.3 Å². The number of nitrogens with zero attached hydrogens (tertiary/aromatic N) is 4. The van der Waals surface area contributed by atoms with E-state index < -0.39 is 29.7 Å². The lowest BCUT2D eigenvalue weighted by Gasteiger charge is -2.25. The number of unbranched alkanes of at least 4 members (excludes halogenated alkanes) is 1. The molecule has 1 aliphatic carbocycles. The second-order valence-electron chi connectivity index (χ2n) is 14.8. The molecule has 1 spiro atoms. The Labute approximate surface area is 292 Å². The molecule has 1 N–H and O–H groups in total. The van der Waals surface area contributed by atoms with Gasteiger partial charge in [0.25, 0.3) is 15.9 Å². The van der Waals surface area contributed by atoms with E-state index in [2.05, 4.69) is 31.7 Å². The molecular weight excluding hydrogens is 657 g/mol. The number of aromatic nitrogens is 1. The second kappa shape index (κ2) is 14.9. The lowest BCUT2D eigenvalue weighted by molar-refractivity contribution is -0.131. The Kier molecular flexibility index (Phi) is 11.2. The molecule has 1 unspecified atom stereocenters. The number of aliphatic imine (C=N–C) groups is 1. The minimum absolute atomic E-state index is 0.0544. The van der Waals surface area contributed by atoms with Crippen LogP contribution in [0.25, 0.3) is 11.1 Å². The second-order valence-corrected chi connectivity index (χ2v) is 22.2. The van der Waals surface area contributed by atoms with Crippen molar-refractivity contribution >= 4 is 35.7 Å². The Morgan fingerprint density at radius 1 is 1.10 bits per heavy atom. The number of hydrogen-bond donors (Lipinski definition) is 1. The Hall–Kier alpha value is -3.32. The number of carbonyl (C=O) groups is 1. The van der Waals surface area contributed by atoms with Crippen molar-refractivity contribution in [2.75, 3.05) is 17.6 Å². The molecule has 1 saturated carbocycles. The highest BCUT2D eigenvalue weighted by Gasteiger charge is 2.49. The van der Waals surface area contributed by atoms with Crippen molar-refractivity contribution in [3.63, 3.8) is 0 Å². The molecule has 1 aliphatic heterocycles. The summed E-state index contributed by atoms with van der Waals surface area (Å²) in [4.78, 5) is 20.7. The first kappa shape index (κ1) is 36.9. The summed E-state index contributed by atoms with van der Waals surface area (Å²) in [7, 11) is -5.65. The summed E-state index contributed by atoms with van der Waals surface area (Å²) < 4.78 is 41.9. The molecule has 0 bridgehead atoms. The van der Waals surface area contributed by atoms with Gasteiger partial charge in [-0.05, 0) is 68.8 Å². The van der Waals surface area contributed by atoms with E-state index in [-0.39, 0.29) is 23.4 Å². The standard InChI is InChI=1S/C37H52N4O6SSi/c1-8-9-16-34-38-37(19-12-13-20-37)36(43)40(34)24-29-17-18-30(32(23-29)28(4)42)31-14-10-11-15-33(31)48(44,45)41(25-46-21-22-49(5,6)7)35-26(2)27(3)39-47-35/h10-11,14-15,17-18,23,28,42H,8-9,12-13,16,19-22,24-25H2,1-7H3. The Morgan fingerprint density at radius 2 is 1.82 bits per heavy atom. The summed E-state index contributed by atoms with van der Waals surface area (Å²) in [5.74, 6) is 1.03. The third-order valence-corrected chi connectivity index (χ3v) is 13.2. The maximum Gasteiger partial charge on any atom is 0.269 e. The van der Waals surface area contributed by atoms with Gasteiger partial charge in [-0.25, -0.2) is 12.7 Å². The number of amides is 1. The number of carbonyl (C=O) groups excluding carboxylic acids is 1. The van der Waals surface area contributed by atoms with Crippen LogP contribution in [-0.2, 0) is 26.1 Å². The zero-order chi connectivity index (χ0) is 35.6. The first-order chi connectivity index (χ1) is 23.2. The number of aryl methyl sites for hydroxylation is 1. The van der Waals surface area contributed by atoms with Crippen molar-refractivity contribution < 1.29 is 27.6 Å². The van der Waals surface area contributed by atoms with Crippen LogP contribution in [0.5, 0.6) is 0 Å². The van der Waals surface area contributed by atoms with E-state index in [0.29, 0.717) is 41.1 Å². The van der Waals surface area contributed by atoms with E-state index in [1.54, 1.807) is 45.0 Å². The smallest absolute Gasteiger partial charge is 0.269 e. The van der Waals surface area contributed by atoms with E-state index >= 15 is 0 Å². The SMILES string of the molecule is CCCCC1=NC2(CCCC2)C(=O)N1Cc1ccc(-c2ccccc2S(=O)(=O)N(COCC[Si](C)(C)C)c2onc(C)c2C)c(C(C)O)c1. The van der Waals surface area contributed by atoms with Gasteiger partial charge >= 0.3 is 0 Å². The van der Waals surface area contributed by atoms with Crippen molar-refractivity contribution in [2.45, 2.75) is 121 Å². The summed E-state index contributed by atoms with van der Waals surface area (Å²) in [6, 6.07) is 13.3. The lowest BCUT2D eigenvalue weighted by Crippen LogP contribution is -2.40. The summed E-state index contributed by atoms with van der Waals surface area (Å²) in [6.07, 6.45) is 5.39. The molecule has 1 fully saturated rings. The molecule has 0 radical (unpaired) electrons. The number of anilines is 1. The number of ether oxygens (including phenoxy) is 1. The van der Waals surface area contributed by atoms with Crippen LogP contribution in [0.4, 0.5) is 5.88 Å². The fraction of sp³-hybridized carbons (Fsp3) is 0.541. The van der Waals surface area contributed by atoms with E-state index in [1.807, 2.05) is 23.1 Å². The summed E-state index contributed by atoms with van der Waals surface area (Å²) in [5, 5.41) is 15.1. The number of hydrogen-bond acceptors (Lipinski definition) is 8. The molecule has 49 heavy (non-hydrogen) atoms. The van der Waals surface area contributed by atoms with Gasteiger partial charge in [-0.2, -0.15) is 0 Å². The zero-order valence-electron chi connectivity index (χ0n) is 30.1. The zero-order valence-corrected chi connectivity index (χ0v) is 31.9. The molecule has 266 valence electrons. The molecule has 0 saturated heterocycles. The molecule has 2 aliphatic rings. The molecular formula is C37H52N4O6SSi. The van der Waals surface area contributed by atoms with E-state index in [0.717, 1.165) is 66.7 Å². The summed E-state index contributed by atoms with van der Waals surface area (Å²) in [5.41, 5.74) is 3.02. The monoisotopic (exact) mass is 708 g/mol. The molecule has 1 aromatic heterocycles. The van der Waals surface area contributed by atoms with Gasteiger partial charge in [0.15, 0.2) is 0 Å². The first-order valence-electron chi connectivity index (χ1n) is 17.5. The fourth-order valence-electron chi connectivity index (χ4n) is 6.61. The maximum absolute atomic E-state index is 14.6. The Balaban J connectivity index is 1.50. The van der Waals surface area contributed by atoms with Crippen molar-refractivity contribution in [2.24, 2.45) is 4.99 Å². The molecule has 5 rings (SSSR count). The quantitative estimate of drug-likeness (QED) is 0.0972. The van der Waals surface area contributed by atoms with Gasteiger partial charge < -0.3 is 14.4 Å². The van der Waals surface area contributed by atoms with Crippen LogP contribution in [0.1, 0.15) is 87.3 Å². The number of amidine groups is 1. The van der Waals surface area contributed by atoms with Crippen molar-refractivity contribution in [1.29, 1.82) is 0 Å². The highest BCUT2D eigenvalue weighted by atomic mass is 32.2. The van der Waals surface area contributed by atoms with Gasteiger partial charge in [-0.3, -0.25) is 14.7 Å². The number of benzene rings is 2. The summed E-state index contributed by atoms with van der Waals surface area (Å²) >= 11 is 0. The molecule has 10 nitrogen and oxygen atoms in total. The first-order valence-corrected chi connectivity index (χ1v) is 22.7. The number of aliphatic hydroxyl groups is 1. The molecule has 2 aromatic carbocycles. The van der Waals surface area contributed by atoms with Crippen LogP contribution in [0.2, 0.25) is 25.7 Å². The van der Waals surface area contributed by atoms with Crippen molar-refractivity contribution in [3.8, 4) is 11.1 Å². The van der Waals surface area contributed by atoms with E-state index in [1.165, 1.54) is 0 Å². The van der Waals surface area contributed by atoms with Crippen LogP contribution in [0.3, 0.4) is 0 Å². The largest absolute Gasteiger partial charge is 0.389 e. The normalized spacial score (nSPS) is 16.9. The molecule has 1 amide bonds. The van der Waals surface area contributed by atoms with Gasteiger partial charge in [0.2, 0.25) is 5.88 Å². The lowest BCUT2D eigenvalue weighted by atomic mass is 9.94. The van der Waals surface area contributed by atoms with Crippen LogP contribution in [-0.4, -0.2) is 62.3 Å². The minimum atomic E-state index is -4.23. The molecule has 12 heteroatoms. The minimum Gasteiger partial charge on any atom is -0.389 e. The van der Waals surface area contributed by atoms with Crippen LogP contribution < -0.4 is 4.31 Å². The Bertz CT molecular complexity index is 1790. The molecule has 3 aromatic rings. The fourth-order valence-corrected chi connectivity index (χ4v) is 8.92. The van der Waals surface area contributed by atoms with Crippen molar-refractivity contribution in [3.05, 3.63) is 64.8 Å². The van der Waals surface area contributed by atoms with Gasteiger partial charge in [0, 0.05) is 32.2 Å². The van der Waals surface area contributed by atoms with Crippen LogP contribution >= 0.6 is 0 Å². The van der Waals surface area contributed by atoms with Gasteiger partial charge in [0.1, 0.15) is 18.1 Å². The average molecular weight is 709 g/mol. The Morgan fingerprint density at radius 3 is 2.45 bits per heavy atom. The van der Waals surface area contributed by atoms with Gasteiger partial charge in [-0.15, -0.1) is 0 Å². The highest BCUT2D eigenvalue weighted by molar-refractivity contribution is 7.93. The predicted molar refractivity (Wildman–Crippen MR) is 196 cm³/mol. The third kappa shape index (κ3) is 7.87. The molecule has 2 heterocycles. The van der Waals surface area contributed by atoms with Crippen LogP contribution in [0.15, 0.2) is 56.9 Å². The topological polar surface area (TPSA) is 126 Å². The maximum atomic E-state index is 14.6. The third-order valence-electron chi connectivity index (χ3n) is 9.70. The van der Waals surface area contributed by atoms with Crippen LogP contribution in [0, 0.1) is 13.8 Å². The number of sulfonamides is 1. The van der Waals surface area contributed by atoms with Gasteiger partial charge in [0.05, 0.1) is 23.2 Å². The average Bonchev–Trinajstić information content (AvgIpc) is 3.74. The van der Waals surface area contributed by atoms with Gasteiger partial charge in [-0.1, -0.05) is 87.4 Å². The number of aliphatic hydroxyl groups excluding tert-OH is 1. The summed E-state index contributed by atoms with van der Waals surface area (Å²) in [6.45, 7) is 14.6. The van der Waals surface area contributed by atoms with Crippen molar-refractivity contribution in [1.82, 2.24) is 10.1 Å². The predicted octanol–water partition coefficient (Wildman–Crippen LogP) is 7.76. The molecule has 1 atom stereocenters. The number of rotatable bonds is 15. The van der Waals surface area contributed by atoms with E-state index in [9.17, 15) is 18.3 Å².